The Labute approximate surface area is 96.8 Å². The summed E-state index contributed by atoms with van der Waals surface area (Å²) in [4.78, 5) is 20.5. The van der Waals surface area contributed by atoms with Crippen LogP contribution in [0.1, 0.15) is 11.8 Å². The summed E-state index contributed by atoms with van der Waals surface area (Å²) >= 11 is 0. The highest BCUT2D eigenvalue weighted by atomic mass is 16.7. The van der Waals surface area contributed by atoms with E-state index in [-0.39, 0.29) is 6.47 Å². The lowest BCUT2D eigenvalue weighted by molar-refractivity contribution is -0.574. The van der Waals surface area contributed by atoms with Crippen molar-refractivity contribution in [1.29, 1.82) is 0 Å². The van der Waals surface area contributed by atoms with Crippen LogP contribution in [-0.4, -0.2) is 11.4 Å². The molecule has 17 heavy (non-hydrogen) atoms. The molecule has 0 fully saturated rings. The van der Waals surface area contributed by atoms with Crippen LogP contribution in [0.3, 0.4) is 0 Å². The van der Waals surface area contributed by atoms with Crippen molar-refractivity contribution in [3.8, 4) is 0 Å². The third kappa shape index (κ3) is 2.08. The zero-order valence-electron chi connectivity index (χ0n) is 8.78. The quantitative estimate of drug-likeness (QED) is 0.350. The number of hydrogen-bond donors (Lipinski definition) is 0. The van der Waals surface area contributed by atoms with Crippen molar-refractivity contribution in [2.45, 2.75) is 6.23 Å². The van der Waals surface area contributed by atoms with E-state index in [0.717, 1.165) is 5.39 Å². The number of rotatable bonds is 4. The maximum Gasteiger partial charge on any atom is 0.383 e. The Morgan fingerprint density at radius 2 is 1.88 bits per heavy atom. The zero-order valence-corrected chi connectivity index (χ0v) is 8.78. The van der Waals surface area contributed by atoms with Gasteiger partial charge in [0.2, 0.25) is 0 Å². The summed E-state index contributed by atoms with van der Waals surface area (Å²) in [6, 6.07) is 12.3. The van der Waals surface area contributed by atoms with E-state index in [2.05, 4.69) is 4.74 Å². The van der Waals surface area contributed by atoms with Crippen molar-refractivity contribution in [1.82, 2.24) is 0 Å². The summed E-state index contributed by atoms with van der Waals surface area (Å²) < 4.78 is 4.52. The highest BCUT2D eigenvalue weighted by Gasteiger charge is 2.25. The standard InChI is InChI=1S/C12H9NO4/c14-8-17-12(13(15)16)11-7-3-5-9-4-1-2-6-10(9)11/h1-8,12H. The Bertz CT molecular complexity index is 562. The summed E-state index contributed by atoms with van der Waals surface area (Å²) in [5, 5.41) is 12.4. The van der Waals surface area contributed by atoms with Gasteiger partial charge in [-0.2, -0.15) is 0 Å². The third-order valence-electron chi connectivity index (χ3n) is 2.47. The van der Waals surface area contributed by atoms with Crippen molar-refractivity contribution in [3.05, 3.63) is 58.1 Å². The lowest BCUT2D eigenvalue weighted by Gasteiger charge is -2.09. The highest BCUT2D eigenvalue weighted by molar-refractivity contribution is 5.85. The second-order valence-corrected chi connectivity index (χ2v) is 3.44. The number of benzene rings is 2. The van der Waals surface area contributed by atoms with Gasteiger partial charge in [0.25, 0.3) is 6.47 Å². The minimum Gasteiger partial charge on any atom is -0.396 e. The van der Waals surface area contributed by atoms with Gasteiger partial charge < -0.3 is 4.74 Å². The molecule has 0 radical (unpaired) electrons. The predicted molar refractivity (Wildman–Crippen MR) is 60.8 cm³/mol. The number of fused-ring (bicyclic) bond motifs is 1. The normalized spacial score (nSPS) is 12.0. The molecule has 0 saturated heterocycles. The van der Waals surface area contributed by atoms with Crippen molar-refractivity contribution in [2.24, 2.45) is 0 Å². The molecule has 1 unspecified atom stereocenters. The van der Waals surface area contributed by atoms with Crippen LogP contribution in [0.2, 0.25) is 0 Å². The van der Waals surface area contributed by atoms with Crippen LogP contribution in [0.5, 0.6) is 0 Å². The molecule has 0 aliphatic rings. The van der Waals surface area contributed by atoms with E-state index < -0.39 is 11.2 Å². The van der Waals surface area contributed by atoms with E-state index in [1.165, 1.54) is 0 Å². The SMILES string of the molecule is O=COC(c1cccc2ccccc12)[N+](=O)[O-]. The van der Waals surface area contributed by atoms with Crippen LogP contribution in [-0.2, 0) is 9.53 Å². The molecule has 0 spiro atoms. The molecule has 0 aromatic heterocycles. The Morgan fingerprint density at radius 1 is 1.18 bits per heavy atom. The maximum atomic E-state index is 10.9. The Balaban J connectivity index is 2.60. The van der Waals surface area contributed by atoms with E-state index in [0.29, 0.717) is 10.9 Å². The lowest BCUT2D eigenvalue weighted by atomic mass is 10.0. The highest BCUT2D eigenvalue weighted by Crippen LogP contribution is 2.26. The fourth-order valence-electron chi connectivity index (χ4n) is 1.75. The van der Waals surface area contributed by atoms with E-state index >= 15 is 0 Å². The van der Waals surface area contributed by atoms with Gasteiger partial charge in [-0.05, 0) is 16.8 Å². The summed E-state index contributed by atoms with van der Waals surface area (Å²) in [5.74, 6) is 0. The smallest absolute Gasteiger partial charge is 0.383 e. The molecule has 2 aromatic carbocycles. The Kier molecular flexibility index (Phi) is 3.00. The second kappa shape index (κ2) is 4.61. The van der Waals surface area contributed by atoms with Crippen molar-refractivity contribution in [3.63, 3.8) is 0 Å². The maximum absolute atomic E-state index is 10.9. The average molecular weight is 231 g/mol. The van der Waals surface area contributed by atoms with Gasteiger partial charge in [-0.15, -0.1) is 0 Å². The first-order valence-electron chi connectivity index (χ1n) is 4.94. The van der Waals surface area contributed by atoms with Crippen LogP contribution in [0.25, 0.3) is 10.8 Å². The van der Waals surface area contributed by atoms with E-state index in [1.54, 1.807) is 24.3 Å². The summed E-state index contributed by atoms with van der Waals surface area (Å²) in [6.45, 7) is 0.0925. The van der Waals surface area contributed by atoms with Crippen molar-refractivity contribution in [2.75, 3.05) is 0 Å². The largest absolute Gasteiger partial charge is 0.396 e. The van der Waals surface area contributed by atoms with Crippen molar-refractivity contribution < 1.29 is 14.5 Å². The zero-order chi connectivity index (χ0) is 12.3. The van der Waals surface area contributed by atoms with Gasteiger partial charge in [0.15, 0.2) is 0 Å². The molecule has 0 bridgehead atoms. The van der Waals surface area contributed by atoms with Gasteiger partial charge >= 0.3 is 6.23 Å². The fraction of sp³-hybridized carbons (Fsp3) is 0.0833. The molecular weight excluding hydrogens is 222 g/mol. The molecule has 86 valence electrons. The van der Waals surface area contributed by atoms with Gasteiger partial charge in [0, 0.05) is 0 Å². The van der Waals surface area contributed by atoms with E-state index in [1.807, 2.05) is 18.2 Å². The summed E-state index contributed by atoms with van der Waals surface area (Å²) in [5.41, 5.74) is 0.375. The average Bonchev–Trinajstić information content (AvgIpc) is 2.35. The van der Waals surface area contributed by atoms with Crippen LogP contribution in [0.4, 0.5) is 0 Å². The van der Waals surface area contributed by atoms with Gasteiger partial charge in [0.1, 0.15) is 0 Å². The minimum absolute atomic E-state index is 0.0925. The third-order valence-corrected chi connectivity index (χ3v) is 2.47. The monoisotopic (exact) mass is 231 g/mol. The molecule has 5 nitrogen and oxygen atoms in total. The van der Waals surface area contributed by atoms with E-state index in [4.69, 9.17) is 0 Å². The number of ether oxygens (including phenoxy) is 1. The molecule has 0 heterocycles. The summed E-state index contributed by atoms with van der Waals surface area (Å²) in [7, 11) is 0. The second-order valence-electron chi connectivity index (χ2n) is 3.44. The number of carbonyl (C=O) groups is 1. The first kappa shape index (κ1) is 11.1. The predicted octanol–water partition coefficient (Wildman–Crippen LogP) is 2.29. The first-order valence-corrected chi connectivity index (χ1v) is 4.94. The number of nitro groups is 1. The molecule has 0 aliphatic carbocycles. The molecule has 2 aromatic rings. The molecule has 0 amide bonds. The van der Waals surface area contributed by atoms with Gasteiger partial charge in [-0.1, -0.05) is 36.4 Å². The molecule has 5 heteroatoms. The van der Waals surface area contributed by atoms with E-state index in [9.17, 15) is 14.9 Å². The molecule has 0 saturated carbocycles. The number of hydrogen-bond acceptors (Lipinski definition) is 4. The van der Waals surface area contributed by atoms with Gasteiger partial charge in [0.05, 0.1) is 10.5 Å². The number of carbonyl (C=O) groups excluding carboxylic acids is 1. The fourth-order valence-corrected chi connectivity index (χ4v) is 1.75. The van der Waals surface area contributed by atoms with Crippen molar-refractivity contribution >= 4 is 17.2 Å². The topological polar surface area (TPSA) is 69.4 Å². The van der Waals surface area contributed by atoms with Crippen LogP contribution in [0.15, 0.2) is 42.5 Å². The minimum atomic E-state index is -1.46. The molecule has 2 rings (SSSR count). The Hall–Kier alpha value is -2.43. The van der Waals surface area contributed by atoms with Crippen LogP contribution < -0.4 is 0 Å². The Morgan fingerprint density at radius 3 is 2.59 bits per heavy atom. The molecule has 1 atom stereocenters. The molecule has 0 aliphatic heterocycles. The first-order chi connectivity index (χ1) is 8.24. The van der Waals surface area contributed by atoms with Crippen LogP contribution in [0, 0.1) is 10.1 Å². The van der Waals surface area contributed by atoms with Gasteiger partial charge in [-0.25, -0.2) is 0 Å². The lowest BCUT2D eigenvalue weighted by Crippen LogP contribution is -2.14. The molecular formula is C12H9NO4. The van der Waals surface area contributed by atoms with Gasteiger partial charge in [-0.3, -0.25) is 14.9 Å². The van der Waals surface area contributed by atoms with Crippen LogP contribution >= 0.6 is 0 Å². The molecule has 0 N–H and O–H groups in total. The summed E-state index contributed by atoms with van der Waals surface area (Å²) in [6.07, 6.45) is -1.46. The number of nitrogens with zero attached hydrogens (tertiary/aromatic N) is 1.